The highest BCUT2D eigenvalue weighted by Gasteiger charge is 2.03. The van der Waals surface area contributed by atoms with Crippen molar-refractivity contribution in [3.63, 3.8) is 0 Å². The van der Waals surface area contributed by atoms with Gasteiger partial charge in [0.1, 0.15) is 0 Å². The number of para-hydroxylation sites is 2. The minimum atomic E-state index is 0.862. The molecule has 1 heterocycles. The van der Waals surface area contributed by atoms with Gasteiger partial charge in [-0.2, -0.15) is 0 Å². The molecule has 1 aromatic heterocycles. The normalized spacial score (nSPS) is 10.3. The molecule has 0 amide bonds. The summed E-state index contributed by atoms with van der Waals surface area (Å²) in [4.78, 5) is 3.44. The lowest BCUT2D eigenvalue weighted by molar-refractivity contribution is 1.11. The lowest BCUT2D eigenvalue weighted by atomic mass is 10.2. The zero-order valence-electron chi connectivity index (χ0n) is 9.90. The molecule has 0 radical (unpaired) electrons. The molecule has 0 aliphatic heterocycles. The van der Waals surface area contributed by atoms with Crippen molar-refractivity contribution in [1.82, 2.24) is 0 Å². The lowest BCUT2D eigenvalue weighted by Crippen LogP contribution is -2.11. The van der Waals surface area contributed by atoms with E-state index in [1.807, 2.05) is 0 Å². The number of rotatable bonds is 4. The largest absolute Gasteiger partial charge is 0.378 e. The fourth-order valence-electron chi connectivity index (χ4n) is 1.64. The molecule has 0 atom stereocenters. The predicted octanol–water partition coefficient (Wildman–Crippen LogP) is 4.19. The predicted molar refractivity (Wildman–Crippen MR) is 80.1 cm³/mol. The summed E-state index contributed by atoms with van der Waals surface area (Å²) >= 11 is 5.24. The maximum absolute atomic E-state index is 3.48. The second-order valence-corrected chi connectivity index (χ2v) is 6.52. The average molecular weight is 311 g/mol. The van der Waals surface area contributed by atoms with Crippen LogP contribution < -0.4 is 10.2 Å². The van der Waals surface area contributed by atoms with Crippen molar-refractivity contribution in [2.24, 2.45) is 0 Å². The molecule has 0 saturated carbocycles. The first-order chi connectivity index (χ1) is 8.16. The van der Waals surface area contributed by atoms with Crippen molar-refractivity contribution in [1.29, 1.82) is 0 Å². The molecular weight excluding hydrogens is 296 g/mol. The van der Waals surface area contributed by atoms with Gasteiger partial charge in [-0.1, -0.05) is 12.1 Å². The Morgan fingerprint density at radius 3 is 2.59 bits per heavy atom. The lowest BCUT2D eigenvalue weighted by Gasteiger charge is -2.18. The monoisotopic (exact) mass is 310 g/mol. The van der Waals surface area contributed by atoms with Crippen LogP contribution in [0.1, 0.15) is 4.88 Å². The molecule has 0 fully saturated rings. The van der Waals surface area contributed by atoms with E-state index in [0.29, 0.717) is 0 Å². The van der Waals surface area contributed by atoms with Crippen LogP contribution in [0.4, 0.5) is 11.4 Å². The summed E-state index contributed by atoms with van der Waals surface area (Å²) in [5.74, 6) is 0. The molecule has 1 N–H and O–H groups in total. The van der Waals surface area contributed by atoms with Gasteiger partial charge in [-0.15, -0.1) is 11.3 Å². The number of hydrogen-bond acceptors (Lipinski definition) is 3. The van der Waals surface area contributed by atoms with Gasteiger partial charge >= 0.3 is 0 Å². The highest BCUT2D eigenvalue weighted by molar-refractivity contribution is 9.11. The van der Waals surface area contributed by atoms with E-state index in [0.717, 1.165) is 6.54 Å². The van der Waals surface area contributed by atoms with Crippen LogP contribution in [-0.4, -0.2) is 14.1 Å². The Kier molecular flexibility index (Phi) is 4.07. The first-order valence-electron chi connectivity index (χ1n) is 5.41. The number of halogens is 1. The van der Waals surface area contributed by atoms with Gasteiger partial charge in [0.15, 0.2) is 0 Å². The summed E-state index contributed by atoms with van der Waals surface area (Å²) in [5, 5.41) is 3.47. The van der Waals surface area contributed by atoms with Gasteiger partial charge in [0.05, 0.1) is 15.2 Å². The minimum absolute atomic E-state index is 0.862. The minimum Gasteiger partial charge on any atom is -0.378 e. The molecule has 0 aliphatic rings. The van der Waals surface area contributed by atoms with Gasteiger partial charge in [0, 0.05) is 25.5 Å². The van der Waals surface area contributed by atoms with Gasteiger partial charge in [-0.25, -0.2) is 0 Å². The number of benzene rings is 1. The Balaban J connectivity index is 2.08. The summed E-state index contributed by atoms with van der Waals surface area (Å²) in [7, 11) is 4.12. The number of thiophene rings is 1. The molecule has 0 bridgehead atoms. The van der Waals surface area contributed by atoms with Gasteiger partial charge in [0.25, 0.3) is 0 Å². The highest BCUT2D eigenvalue weighted by Crippen LogP contribution is 2.26. The maximum atomic E-state index is 3.48. The second-order valence-electron chi connectivity index (χ2n) is 3.97. The Morgan fingerprint density at radius 2 is 1.94 bits per heavy atom. The van der Waals surface area contributed by atoms with E-state index >= 15 is 0 Å². The smallest absolute Gasteiger partial charge is 0.0702 e. The van der Waals surface area contributed by atoms with Crippen molar-refractivity contribution >= 4 is 38.6 Å². The second kappa shape index (κ2) is 5.56. The van der Waals surface area contributed by atoms with Crippen LogP contribution in [0.25, 0.3) is 0 Å². The zero-order chi connectivity index (χ0) is 12.3. The van der Waals surface area contributed by atoms with Gasteiger partial charge < -0.3 is 10.2 Å². The van der Waals surface area contributed by atoms with E-state index in [4.69, 9.17) is 0 Å². The van der Waals surface area contributed by atoms with E-state index in [1.165, 1.54) is 20.0 Å². The van der Waals surface area contributed by atoms with E-state index in [9.17, 15) is 0 Å². The number of hydrogen-bond donors (Lipinski definition) is 1. The fraction of sp³-hybridized carbons (Fsp3) is 0.231. The third kappa shape index (κ3) is 3.23. The van der Waals surface area contributed by atoms with Gasteiger partial charge in [0.2, 0.25) is 0 Å². The van der Waals surface area contributed by atoms with E-state index in [-0.39, 0.29) is 0 Å². The van der Waals surface area contributed by atoms with Crippen LogP contribution in [-0.2, 0) is 6.54 Å². The van der Waals surface area contributed by atoms with E-state index in [1.54, 1.807) is 11.3 Å². The molecular formula is C13H15BrN2S. The molecule has 0 aliphatic carbocycles. The standard InChI is InChI=1S/C13H15BrN2S/c1-16(2)12-6-4-3-5-11(12)15-9-10-7-8-13(14)17-10/h3-8,15H,9H2,1-2H3. The summed E-state index contributed by atoms with van der Waals surface area (Å²) in [5.41, 5.74) is 2.38. The fourth-order valence-corrected chi connectivity index (χ4v) is 3.07. The van der Waals surface area contributed by atoms with Gasteiger partial charge in [-0.3, -0.25) is 0 Å². The molecule has 0 unspecified atom stereocenters. The van der Waals surface area contributed by atoms with Crippen molar-refractivity contribution in [3.05, 3.63) is 45.1 Å². The van der Waals surface area contributed by atoms with Gasteiger partial charge in [-0.05, 0) is 40.2 Å². The Bertz CT molecular complexity index is 494. The summed E-state index contributed by atoms with van der Waals surface area (Å²) in [6.45, 7) is 0.862. The molecule has 17 heavy (non-hydrogen) atoms. The van der Waals surface area contributed by atoms with Crippen LogP contribution in [0.2, 0.25) is 0 Å². The molecule has 2 nitrogen and oxygen atoms in total. The molecule has 0 saturated heterocycles. The van der Waals surface area contributed by atoms with Crippen LogP contribution in [0, 0.1) is 0 Å². The average Bonchev–Trinajstić information content (AvgIpc) is 2.73. The molecule has 4 heteroatoms. The molecule has 0 spiro atoms. The van der Waals surface area contributed by atoms with E-state index < -0.39 is 0 Å². The number of nitrogens with zero attached hydrogens (tertiary/aromatic N) is 1. The Morgan fingerprint density at radius 1 is 1.18 bits per heavy atom. The van der Waals surface area contributed by atoms with E-state index in [2.05, 4.69) is 76.6 Å². The quantitative estimate of drug-likeness (QED) is 0.911. The zero-order valence-corrected chi connectivity index (χ0v) is 12.3. The van der Waals surface area contributed by atoms with Crippen molar-refractivity contribution in [2.45, 2.75) is 6.54 Å². The first-order valence-corrected chi connectivity index (χ1v) is 7.02. The molecule has 2 rings (SSSR count). The van der Waals surface area contributed by atoms with Crippen LogP contribution in [0.15, 0.2) is 40.2 Å². The third-order valence-electron chi connectivity index (χ3n) is 2.47. The summed E-state index contributed by atoms with van der Waals surface area (Å²) in [6, 6.07) is 12.6. The highest BCUT2D eigenvalue weighted by atomic mass is 79.9. The first kappa shape index (κ1) is 12.5. The number of nitrogens with one attached hydrogen (secondary N) is 1. The van der Waals surface area contributed by atoms with Crippen LogP contribution in [0.5, 0.6) is 0 Å². The summed E-state index contributed by atoms with van der Waals surface area (Å²) in [6.07, 6.45) is 0. The third-order valence-corrected chi connectivity index (χ3v) is 4.09. The van der Waals surface area contributed by atoms with Crippen molar-refractivity contribution in [3.8, 4) is 0 Å². The van der Waals surface area contributed by atoms with Crippen LogP contribution >= 0.6 is 27.3 Å². The van der Waals surface area contributed by atoms with Crippen LogP contribution in [0.3, 0.4) is 0 Å². The summed E-state index contributed by atoms with van der Waals surface area (Å²) < 4.78 is 1.18. The number of anilines is 2. The Labute approximate surface area is 114 Å². The molecule has 2 aromatic rings. The van der Waals surface area contributed by atoms with Crippen molar-refractivity contribution < 1.29 is 0 Å². The van der Waals surface area contributed by atoms with Crippen molar-refractivity contribution in [2.75, 3.05) is 24.3 Å². The molecule has 90 valence electrons. The molecule has 1 aromatic carbocycles. The maximum Gasteiger partial charge on any atom is 0.0702 e. The Hall–Kier alpha value is -1.000. The topological polar surface area (TPSA) is 15.3 Å². The SMILES string of the molecule is CN(C)c1ccccc1NCc1ccc(Br)s1.